The number of hydrogen-bond acceptors (Lipinski definition) is 6. The van der Waals surface area contributed by atoms with Crippen LogP contribution in [0.1, 0.15) is 23.8 Å². The van der Waals surface area contributed by atoms with Gasteiger partial charge in [-0.3, -0.25) is 19.3 Å². The molecule has 1 aliphatic rings. The molecule has 1 saturated heterocycles. The fourth-order valence-corrected chi connectivity index (χ4v) is 4.37. The summed E-state index contributed by atoms with van der Waals surface area (Å²) in [5, 5.41) is 4.85. The zero-order valence-electron chi connectivity index (χ0n) is 16.8. The van der Waals surface area contributed by atoms with Crippen molar-refractivity contribution < 1.29 is 13.9 Å². The van der Waals surface area contributed by atoms with Gasteiger partial charge in [0.15, 0.2) is 10.8 Å². The monoisotopic (exact) mass is 453 g/mol. The van der Waals surface area contributed by atoms with E-state index in [2.05, 4.69) is 15.0 Å². The Morgan fingerprint density at radius 3 is 2.80 bits per heavy atom. The summed E-state index contributed by atoms with van der Waals surface area (Å²) in [5.41, 5.74) is 0.676. The molecule has 162 valence electrons. The van der Waals surface area contributed by atoms with E-state index in [4.69, 9.17) is 4.74 Å². The smallest absolute Gasteiger partial charge is 0.280 e. The maximum Gasteiger partial charge on any atom is 0.280 e. The third kappa shape index (κ3) is 4.97. The number of rotatable bonds is 7. The van der Waals surface area contributed by atoms with Crippen LogP contribution >= 0.6 is 23.7 Å². The lowest BCUT2D eigenvalue weighted by atomic mass is 10.3. The Labute approximate surface area is 184 Å². The van der Waals surface area contributed by atoms with Gasteiger partial charge in [0.05, 0.1) is 17.9 Å². The molecule has 3 heterocycles. The molecule has 0 unspecified atom stereocenters. The summed E-state index contributed by atoms with van der Waals surface area (Å²) in [6.45, 7) is 7.33. The van der Waals surface area contributed by atoms with Crippen LogP contribution in [0.25, 0.3) is 10.2 Å². The largest absolute Gasteiger partial charge is 0.379 e. The normalized spacial score (nSPS) is 14.6. The molecule has 3 aromatic rings. The number of anilines is 1. The Hall–Kier alpha value is -2.07. The molecule has 30 heavy (non-hydrogen) atoms. The fourth-order valence-electron chi connectivity index (χ4n) is 3.37. The molecule has 1 amide bonds. The average Bonchev–Trinajstić information content (AvgIpc) is 3.39. The predicted molar refractivity (Wildman–Crippen MR) is 118 cm³/mol. The minimum atomic E-state index is -0.374. The lowest BCUT2D eigenvalue weighted by molar-refractivity contribution is 0.0376. The van der Waals surface area contributed by atoms with Gasteiger partial charge in [0, 0.05) is 38.9 Å². The molecular weight excluding hydrogens is 429 g/mol. The number of aryl methyl sites for hydroxylation is 1. The highest BCUT2D eigenvalue weighted by molar-refractivity contribution is 7.22. The van der Waals surface area contributed by atoms with Crippen LogP contribution in [-0.4, -0.2) is 65.0 Å². The van der Waals surface area contributed by atoms with Gasteiger partial charge in [0.25, 0.3) is 5.91 Å². The van der Waals surface area contributed by atoms with Gasteiger partial charge in [0.1, 0.15) is 11.3 Å². The summed E-state index contributed by atoms with van der Waals surface area (Å²) in [6.07, 6.45) is 2.58. The first kappa shape index (κ1) is 22.6. The van der Waals surface area contributed by atoms with Crippen LogP contribution in [0.15, 0.2) is 30.5 Å². The number of benzene rings is 1. The summed E-state index contributed by atoms with van der Waals surface area (Å²) in [5.74, 6) is -0.584. The zero-order valence-corrected chi connectivity index (χ0v) is 18.4. The number of morpholine rings is 1. The van der Waals surface area contributed by atoms with Gasteiger partial charge in [-0.15, -0.1) is 12.4 Å². The van der Waals surface area contributed by atoms with Crippen molar-refractivity contribution in [2.75, 3.05) is 44.3 Å². The van der Waals surface area contributed by atoms with Crippen molar-refractivity contribution in [3.05, 3.63) is 42.0 Å². The average molecular weight is 454 g/mol. The van der Waals surface area contributed by atoms with E-state index in [-0.39, 0.29) is 24.1 Å². The summed E-state index contributed by atoms with van der Waals surface area (Å²) < 4.78 is 22.0. The first-order chi connectivity index (χ1) is 14.2. The van der Waals surface area contributed by atoms with Gasteiger partial charge in [0.2, 0.25) is 0 Å². The Morgan fingerprint density at radius 2 is 2.10 bits per heavy atom. The minimum absolute atomic E-state index is 0. The quantitative estimate of drug-likeness (QED) is 0.548. The molecule has 0 bridgehead atoms. The molecule has 1 aromatic carbocycles. The standard InChI is InChI=1S/C20H24FN5O2S.ClH/c1-2-25-10-7-16(23-25)19(27)26(9-4-8-24-11-13-28-14-12-24)20-22-18-15(21)5-3-6-17(18)29-20;/h3,5-7,10H,2,4,8-9,11-14H2,1H3;1H. The third-order valence-corrected chi connectivity index (χ3v) is 6.02. The molecule has 1 aliphatic heterocycles. The van der Waals surface area contributed by atoms with Crippen molar-refractivity contribution in [3.8, 4) is 0 Å². The highest BCUT2D eigenvalue weighted by Gasteiger charge is 2.24. The second-order valence-corrected chi connectivity index (χ2v) is 7.91. The van der Waals surface area contributed by atoms with E-state index in [1.807, 2.05) is 13.0 Å². The van der Waals surface area contributed by atoms with Crippen LogP contribution in [0.4, 0.5) is 9.52 Å². The third-order valence-electron chi connectivity index (χ3n) is 4.98. The van der Waals surface area contributed by atoms with Gasteiger partial charge in [-0.2, -0.15) is 5.10 Å². The Morgan fingerprint density at radius 1 is 1.30 bits per heavy atom. The molecule has 1 fully saturated rings. The van der Waals surface area contributed by atoms with Crippen molar-refractivity contribution in [1.82, 2.24) is 19.7 Å². The van der Waals surface area contributed by atoms with Crippen LogP contribution in [0.3, 0.4) is 0 Å². The van der Waals surface area contributed by atoms with E-state index < -0.39 is 0 Å². The fraction of sp³-hybridized carbons (Fsp3) is 0.450. The number of hydrogen-bond donors (Lipinski definition) is 0. The first-order valence-corrected chi connectivity index (χ1v) is 10.7. The van der Waals surface area contributed by atoms with Crippen molar-refractivity contribution in [1.29, 1.82) is 0 Å². The predicted octanol–water partition coefficient (Wildman–Crippen LogP) is 3.44. The van der Waals surface area contributed by atoms with E-state index in [0.29, 0.717) is 29.4 Å². The summed E-state index contributed by atoms with van der Waals surface area (Å²) in [6, 6.07) is 6.59. The van der Waals surface area contributed by atoms with E-state index in [9.17, 15) is 9.18 Å². The summed E-state index contributed by atoms with van der Waals surface area (Å²) in [4.78, 5) is 21.6. The number of fused-ring (bicyclic) bond motifs is 1. The van der Waals surface area contributed by atoms with Gasteiger partial charge in [-0.25, -0.2) is 9.37 Å². The van der Waals surface area contributed by atoms with Crippen molar-refractivity contribution >= 4 is 45.0 Å². The summed E-state index contributed by atoms with van der Waals surface area (Å²) >= 11 is 1.33. The molecule has 0 spiro atoms. The van der Waals surface area contributed by atoms with Crippen LogP contribution in [0.5, 0.6) is 0 Å². The molecule has 0 atom stereocenters. The lowest BCUT2D eigenvalue weighted by Crippen LogP contribution is -2.39. The van der Waals surface area contributed by atoms with E-state index >= 15 is 0 Å². The van der Waals surface area contributed by atoms with Crippen molar-refractivity contribution in [2.24, 2.45) is 0 Å². The topological polar surface area (TPSA) is 63.5 Å². The Balaban J connectivity index is 0.00000256. The minimum Gasteiger partial charge on any atom is -0.379 e. The number of aromatic nitrogens is 3. The number of para-hydroxylation sites is 1. The molecular formula is C20H25ClFN5O2S. The van der Waals surface area contributed by atoms with Gasteiger partial charge in [-0.1, -0.05) is 17.4 Å². The highest BCUT2D eigenvalue weighted by Crippen LogP contribution is 2.31. The highest BCUT2D eigenvalue weighted by atomic mass is 35.5. The number of amides is 1. The maximum absolute atomic E-state index is 14.1. The molecule has 7 nitrogen and oxygen atoms in total. The molecule has 4 rings (SSSR count). The van der Waals surface area contributed by atoms with Crippen LogP contribution in [0, 0.1) is 5.82 Å². The zero-order chi connectivity index (χ0) is 20.2. The second-order valence-electron chi connectivity index (χ2n) is 6.90. The molecule has 0 aliphatic carbocycles. The Kier molecular flexibility index (Phi) is 7.76. The number of carbonyl (C=O) groups is 1. The van der Waals surface area contributed by atoms with Crippen molar-refractivity contribution in [2.45, 2.75) is 19.9 Å². The van der Waals surface area contributed by atoms with E-state index in [1.54, 1.807) is 27.9 Å². The number of carbonyl (C=O) groups excluding carboxylic acids is 1. The number of ether oxygens (including phenoxy) is 1. The molecule has 0 saturated carbocycles. The van der Waals surface area contributed by atoms with E-state index in [0.717, 1.165) is 44.0 Å². The number of nitrogens with zero attached hydrogens (tertiary/aromatic N) is 5. The molecule has 2 aromatic heterocycles. The van der Waals surface area contributed by atoms with Gasteiger partial charge < -0.3 is 4.74 Å². The SMILES string of the molecule is CCn1ccc(C(=O)N(CCCN2CCOCC2)c2nc3c(F)cccc3s2)n1.Cl. The van der Waals surface area contributed by atoms with Crippen LogP contribution in [0.2, 0.25) is 0 Å². The number of thiazole rings is 1. The molecule has 0 radical (unpaired) electrons. The maximum atomic E-state index is 14.1. The van der Waals surface area contributed by atoms with Crippen LogP contribution in [-0.2, 0) is 11.3 Å². The summed E-state index contributed by atoms with van der Waals surface area (Å²) in [7, 11) is 0. The van der Waals surface area contributed by atoms with Crippen molar-refractivity contribution in [3.63, 3.8) is 0 Å². The molecule has 0 N–H and O–H groups in total. The van der Waals surface area contributed by atoms with Crippen LogP contribution < -0.4 is 4.90 Å². The Bertz CT molecular complexity index is 989. The van der Waals surface area contributed by atoms with E-state index in [1.165, 1.54) is 17.4 Å². The van der Waals surface area contributed by atoms with Gasteiger partial charge >= 0.3 is 0 Å². The molecule has 10 heteroatoms. The second kappa shape index (κ2) is 10.3. The lowest BCUT2D eigenvalue weighted by Gasteiger charge is -2.27. The first-order valence-electron chi connectivity index (χ1n) is 9.86. The number of halogens is 2. The van der Waals surface area contributed by atoms with Gasteiger partial charge in [-0.05, 0) is 31.5 Å².